The van der Waals surface area contributed by atoms with E-state index in [4.69, 9.17) is 4.74 Å². The molecule has 0 aromatic carbocycles. The van der Waals surface area contributed by atoms with Crippen LogP contribution in [0.1, 0.15) is 19.8 Å². The number of rotatable bonds is 9. The van der Waals surface area contributed by atoms with Gasteiger partial charge in [0.1, 0.15) is 0 Å². The molecule has 9 heteroatoms. The average Bonchev–Trinajstić information content (AvgIpc) is 2.50. The SMILES string of the molecule is CCOCCCCNC(=NC)NCCN1CCS(=O)(=O)CC1.I. The van der Waals surface area contributed by atoms with E-state index in [1.807, 2.05) is 6.92 Å². The molecule has 2 N–H and O–H groups in total. The Bertz CT molecular complexity index is 418. The largest absolute Gasteiger partial charge is 0.382 e. The fourth-order valence-electron chi connectivity index (χ4n) is 2.21. The molecule has 0 spiro atoms. The molecule has 138 valence electrons. The average molecular weight is 462 g/mol. The molecule has 0 aliphatic carbocycles. The number of guanidine groups is 1. The summed E-state index contributed by atoms with van der Waals surface area (Å²) < 4.78 is 28.0. The molecular formula is C14H31IN4O3S. The van der Waals surface area contributed by atoms with E-state index in [1.54, 1.807) is 7.05 Å². The standard InChI is InChI=1S/C14H30N4O3S.HI/c1-3-21-11-5-4-6-16-14(15-2)17-7-8-18-9-12-22(19,20)13-10-18;/h3-13H2,1-2H3,(H2,15,16,17);1H. The van der Waals surface area contributed by atoms with E-state index >= 15 is 0 Å². The molecule has 1 heterocycles. The normalized spacial score (nSPS) is 18.3. The highest BCUT2D eigenvalue weighted by Crippen LogP contribution is 2.02. The third-order valence-electron chi connectivity index (χ3n) is 3.59. The van der Waals surface area contributed by atoms with Crippen molar-refractivity contribution < 1.29 is 13.2 Å². The van der Waals surface area contributed by atoms with Gasteiger partial charge in [0.2, 0.25) is 0 Å². The van der Waals surface area contributed by atoms with Gasteiger partial charge in [-0.25, -0.2) is 8.42 Å². The second-order valence-corrected chi connectivity index (χ2v) is 7.63. The van der Waals surface area contributed by atoms with Crippen molar-refractivity contribution in [2.24, 2.45) is 4.99 Å². The Kier molecular flexibility index (Phi) is 13.1. The van der Waals surface area contributed by atoms with Crippen LogP contribution in [0.25, 0.3) is 0 Å². The molecule has 0 aromatic rings. The van der Waals surface area contributed by atoms with Gasteiger partial charge < -0.3 is 15.4 Å². The summed E-state index contributed by atoms with van der Waals surface area (Å²) in [7, 11) is -1.04. The van der Waals surface area contributed by atoms with Gasteiger partial charge in [0.15, 0.2) is 15.8 Å². The van der Waals surface area contributed by atoms with Crippen molar-refractivity contribution >= 4 is 39.8 Å². The number of ether oxygens (including phenoxy) is 1. The Balaban J connectivity index is 0.00000484. The van der Waals surface area contributed by atoms with Gasteiger partial charge in [-0.1, -0.05) is 0 Å². The zero-order valence-corrected chi connectivity index (χ0v) is 17.4. The molecule has 1 fully saturated rings. The predicted molar refractivity (Wildman–Crippen MR) is 106 cm³/mol. The van der Waals surface area contributed by atoms with Crippen LogP contribution in [0.15, 0.2) is 4.99 Å². The van der Waals surface area contributed by atoms with Crippen molar-refractivity contribution in [3.05, 3.63) is 0 Å². The molecule has 0 radical (unpaired) electrons. The van der Waals surface area contributed by atoms with E-state index in [2.05, 4.69) is 20.5 Å². The van der Waals surface area contributed by atoms with E-state index in [-0.39, 0.29) is 35.5 Å². The van der Waals surface area contributed by atoms with Crippen LogP contribution in [0.5, 0.6) is 0 Å². The zero-order valence-electron chi connectivity index (χ0n) is 14.2. The maximum absolute atomic E-state index is 11.4. The Morgan fingerprint density at radius 2 is 1.83 bits per heavy atom. The highest BCUT2D eigenvalue weighted by Gasteiger charge is 2.20. The maximum Gasteiger partial charge on any atom is 0.191 e. The molecule has 0 atom stereocenters. The smallest absolute Gasteiger partial charge is 0.191 e. The Morgan fingerprint density at radius 1 is 1.17 bits per heavy atom. The lowest BCUT2D eigenvalue weighted by Crippen LogP contribution is -2.46. The van der Waals surface area contributed by atoms with Gasteiger partial charge in [0.25, 0.3) is 0 Å². The molecule has 1 rings (SSSR count). The monoisotopic (exact) mass is 462 g/mol. The van der Waals surface area contributed by atoms with Crippen molar-refractivity contribution in [1.82, 2.24) is 15.5 Å². The van der Waals surface area contributed by atoms with Gasteiger partial charge in [-0.15, -0.1) is 24.0 Å². The Labute approximate surface area is 157 Å². The third kappa shape index (κ3) is 11.1. The molecule has 1 saturated heterocycles. The first-order valence-corrected chi connectivity index (χ1v) is 9.84. The lowest BCUT2D eigenvalue weighted by molar-refractivity contribution is 0.143. The van der Waals surface area contributed by atoms with Gasteiger partial charge in [0.05, 0.1) is 11.5 Å². The number of unbranched alkanes of at least 4 members (excludes halogenated alkanes) is 1. The van der Waals surface area contributed by atoms with Crippen LogP contribution in [0.2, 0.25) is 0 Å². The van der Waals surface area contributed by atoms with Crippen LogP contribution < -0.4 is 10.6 Å². The molecule has 1 aliphatic rings. The lowest BCUT2D eigenvalue weighted by atomic mass is 10.3. The summed E-state index contributed by atoms with van der Waals surface area (Å²) in [5, 5.41) is 6.52. The number of nitrogens with zero attached hydrogens (tertiary/aromatic N) is 2. The van der Waals surface area contributed by atoms with E-state index in [9.17, 15) is 8.42 Å². The second kappa shape index (κ2) is 13.2. The topological polar surface area (TPSA) is 83.0 Å². The predicted octanol–water partition coefficient (Wildman–Crippen LogP) is 0.317. The summed E-state index contributed by atoms with van der Waals surface area (Å²) in [5.74, 6) is 1.35. The molecule has 1 aliphatic heterocycles. The van der Waals surface area contributed by atoms with E-state index in [0.717, 1.165) is 51.6 Å². The summed E-state index contributed by atoms with van der Waals surface area (Å²) in [4.78, 5) is 6.35. The lowest BCUT2D eigenvalue weighted by Gasteiger charge is -2.26. The first-order chi connectivity index (χ1) is 10.6. The van der Waals surface area contributed by atoms with Gasteiger partial charge in [-0.3, -0.25) is 9.89 Å². The van der Waals surface area contributed by atoms with E-state index in [0.29, 0.717) is 13.1 Å². The summed E-state index contributed by atoms with van der Waals surface area (Å²) in [5.41, 5.74) is 0. The van der Waals surface area contributed by atoms with Crippen LogP contribution in [-0.2, 0) is 14.6 Å². The Hall–Kier alpha value is -0.130. The fraction of sp³-hybridized carbons (Fsp3) is 0.929. The molecule has 0 unspecified atom stereocenters. The maximum atomic E-state index is 11.4. The van der Waals surface area contributed by atoms with Gasteiger partial charge in [-0.2, -0.15) is 0 Å². The summed E-state index contributed by atoms with van der Waals surface area (Å²) >= 11 is 0. The van der Waals surface area contributed by atoms with Crippen LogP contribution in [-0.4, -0.2) is 83.8 Å². The summed E-state index contributed by atoms with van der Waals surface area (Å²) in [6.45, 7) is 7.31. The molecular weight excluding hydrogens is 431 g/mol. The van der Waals surface area contributed by atoms with Gasteiger partial charge >= 0.3 is 0 Å². The highest BCUT2D eigenvalue weighted by molar-refractivity contribution is 14.0. The highest BCUT2D eigenvalue weighted by atomic mass is 127. The number of aliphatic imine (C=N–C) groups is 1. The minimum absolute atomic E-state index is 0. The first kappa shape index (κ1) is 22.9. The molecule has 0 saturated carbocycles. The van der Waals surface area contributed by atoms with Crippen molar-refractivity contribution in [3.8, 4) is 0 Å². The van der Waals surface area contributed by atoms with Crippen molar-refractivity contribution in [1.29, 1.82) is 0 Å². The quantitative estimate of drug-likeness (QED) is 0.222. The molecule has 23 heavy (non-hydrogen) atoms. The summed E-state index contributed by atoms with van der Waals surface area (Å²) in [6.07, 6.45) is 2.09. The van der Waals surface area contributed by atoms with Crippen LogP contribution in [0.4, 0.5) is 0 Å². The van der Waals surface area contributed by atoms with Crippen LogP contribution >= 0.6 is 24.0 Å². The fourth-order valence-corrected chi connectivity index (χ4v) is 3.48. The minimum Gasteiger partial charge on any atom is -0.382 e. The third-order valence-corrected chi connectivity index (χ3v) is 5.20. The zero-order chi connectivity index (χ0) is 16.3. The molecule has 0 aromatic heterocycles. The van der Waals surface area contributed by atoms with Crippen LogP contribution in [0, 0.1) is 0 Å². The number of hydrogen-bond acceptors (Lipinski definition) is 5. The molecule has 0 amide bonds. The minimum atomic E-state index is -2.79. The molecule has 7 nitrogen and oxygen atoms in total. The number of hydrogen-bond donors (Lipinski definition) is 2. The first-order valence-electron chi connectivity index (χ1n) is 8.02. The number of nitrogens with one attached hydrogen (secondary N) is 2. The van der Waals surface area contributed by atoms with Crippen molar-refractivity contribution in [3.63, 3.8) is 0 Å². The van der Waals surface area contributed by atoms with E-state index < -0.39 is 9.84 Å². The number of halogens is 1. The summed E-state index contributed by atoms with van der Waals surface area (Å²) in [6, 6.07) is 0. The van der Waals surface area contributed by atoms with Crippen molar-refractivity contribution in [2.45, 2.75) is 19.8 Å². The van der Waals surface area contributed by atoms with Gasteiger partial charge in [-0.05, 0) is 19.8 Å². The van der Waals surface area contributed by atoms with Gasteiger partial charge in [0, 0.05) is 53.0 Å². The van der Waals surface area contributed by atoms with E-state index in [1.165, 1.54) is 0 Å². The Morgan fingerprint density at radius 3 is 2.43 bits per heavy atom. The molecule has 0 bridgehead atoms. The van der Waals surface area contributed by atoms with Crippen molar-refractivity contribution in [2.75, 3.05) is 64.5 Å². The second-order valence-electron chi connectivity index (χ2n) is 5.32. The van der Waals surface area contributed by atoms with Crippen LogP contribution in [0.3, 0.4) is 0 Å². The number of sulfone groups is 1.